The third-order valence-electron chi connectivity index (χ3n) is 4.71. The van der Waals surface area contributed by atoms with E-state index in [1.54, 1.807) is 12.1 Å². The Balaban J connectivity index is 1.56. The van der Waals surface area contributed by atoms with E-state index in [0.717, 1.165) is 24.2 Å². The van der Waals surface area contributed by atoms with Crippen LogP contribution < -0.4 is 10.6 Å². The molecule has 35 heavy (non-hydrogen) atoms. The second-order valence-corrected chi connectivity index (χ2v) is 11.6. The van der Waals surface area contributed by atoms with Crippen molar-refractivity contribution in [3.63, 3.8) is 0 Å². The number of carbonyl (C=O) groups excluding carboxylic acids is 2. The number of nitrogens with zero attached hydrogens (tertiary/aromatic N) is 3. The van der Waals surface area contributed by atoms with E-state index in [9.17, 15) is 18.0 Å². The van der Waals surface area contributed by atoms with Crippen molar-refractivity contribution in [2.24, 2.45) is 0 Å². The fourth-order valence-corrected chi connectivity index (χ4v) is 6.28. The number of anilines is 2. The Labute approximate surface area is 213 Å². The number of sulfonamides is 1. The molecule has 0 aliphatic rings. The Hall–Kier alpha value is -2.80. The maximum Gasteiger partial charge on any atom is 0.257 e. The summed E-state index contributed by atoms with van der Waals surface area (Å²) in [6, 6.07) is 15.0. The SMILES string of the molecule is CCCN(CCC)S(=O)(=O)c1ccc(C(=O)Nc2nnc(SCC(=O)Nc3ccccc3)s2)cc1. The molecule has 0 saturated heterocycles. The van der Waals surface area contributed by atoms with Gasteiger partial charge in [0.15, 0.2) is 4.34 Å². The molecule has 0 radical (unpaired) electrons. The molecule has 0 aliphatic heterocycles. The number of hydrogen-bond donors (Lipinski definition) is 2. The molecule has 3 aromatic rings. The zero-order chi connectivity index (χ0) is 25.3. The summed E-state index contributed by atoms with van der Waals surface area (Å²) in [5.41, 5.74) is 1.01. The number of nitrogens with one attached hydrogen (secondary N) is 2. The first kappa shape index (κ1) is 26.8. The number of hydrogen-bond acceptors (Lipinski definition) is 8. The minimum atomic E-state index is -3.61. The Morgan fingerprint density at radius 2 is 1.60 bits per heavy atom. The van der Waals surface area contributed by atoms with Gasteiger partial charge >= 0.3 is 0 Å². The zero-order valence-corrected chi connectivity index (χ0v) is 21.9. The molecular formula is C23H27N5O4S3. The summed E-state index contributed by atoms with van der Waals surface area (Å²) in [5.74, 6) is -0.448. The van der Waals surface area contributed by atoms with E-state index >= 15 is 0 Å². The van der Waals surface area contributed by atoms with Crippen LogP contribution in [0.1, 0.15) is 37.0 Å². The molecule has 0 aliphatic carbocycles. The third-order valence-corrected chi connectivity index (χ3v) is 8.60. The van der Waals surface area contributed by atoms with E-state index in [1.165, 1.54) is 40.3 Å². The summed E-state index contributed by atoms with van der Waals surface area (Å²) in [6.45, 7) is 4.76. The topological polar surface area (TPSA) is 121 Å². The minimum Gasteiger partial charge on any atom is -0.325 e. The Morgan fingerprint density at radius 3 is 2.23 bits per heavy atom. The van der Waals surface area contributed by atoms with Crippen molar-refractivity contribution in [1.29, 1.82) is 0 Å². The van der Waals surface area contributed by atoms with Crippen LogP contribution in [-0.4, -0.2) is 53.6 Å². The van der Waals surface area contributed by atoms with Crippen LogP contribution >= 0.6 is 23.1 Å². The van der Waals surface area contributed by atoms with Crippen molar-refractivity contribution in [3.05, 3.63) is 60.2 Å². The van der Waals surface area contributed by atoms with Gasteiger partial charge in [0.25, 0.3) is 5.91 Å². The Bertz CT molecular complexity index is 1230. The average Bonchev–Trinajstić information content (AvgIpc) is 3.30. The molecule has 0 atom stereocenters. The van der Waals surface area contributed by atoms with Crippen LogP contribution in [0, 0.1) is 0 Å². The van der Waals surface area contributed by atoms with Crippen molar-refractivity contribution < 1.29 is 18.0 Å². The number of thioether (sulfide) groups is 1. The quantitative estimate of drug-likeness (QED) is 0.262. The van der Waals surface area contributed by atoms with Gasteiger partial charge in [-0.2, -0.15) is 4.31 Å². The first-order valence-corrected chi connectivity index (χ1v) is 14.3. The number of rotatable bonds is 12. The highest BCUT2D eigenvalue weighted by molar-refractivity contribution is 8.01. The van der Waals surface area contributed by atoms with Crippen molar-refractivity contribution >= 4 is 55.8 Å². The van der Waals surface area contributed by atoms with E-state index < -0.39 is 15.9 Å². The summed E-state index contributed by atoms with van der Waals surface area (Å²) in [6.07, 6.45) is 1.44. The Morgan fingerprint density at radius 1 is 0.943 bits per heavy atom. The van der Waals surface area contributed by atoms with Crippen LogP contribution in [-0.2, 0) is 14.8 Å². The maximum atomic E-state index is 12.9. The van der Waals surface area contributed by atoms with E-state index in [4.69, 9.17) is 0 Å². The fourth-order valence-electron chi connectivity index (χ4n) is 3.11. The second kappa shape index (κ2) is 12.8. The van der Waals surface area contributed by atoms with Gasteiger partial charge in [0.05, 0.1) is 10.6 Å². The van der Waals surface area contributed by atoms with Gasteiger partial charge in [-0.1, -0.05) is 55.1 Å². The summed E-state index contributed by atoms with van der Waals surface area (Å²) in [7, 11) is -3.61. The molecule has 0 fully saturated rings. The van der Waals surface area contributed by atoms with Crippen LogP contribution in [0.25, 0.3) is 0 Å². The number of aromatic nitrogens is 2. The minimum absolute atomic E-state index is 0.152. The molecule has 3 rings (SSSR count). The maximum absolute atomic E-state index is 12.9. The molecule has 1 aromatic heterocycles. The summed E-state index contributed by atoms with van der Waals surface area (Å²) in [4.78, 5) is 24.8. The first-order valence-electron chi connectivity index (χ1n) is 11.1. The largest absolute Gasteiger partial charge is 0.325 e. The van der Waals surface area contributed by atoms with Crippen LogP contribution in [0.5, 0.6) is 0 Å². The smallest absolute Gasteiger partial charge is 0.257 e. The molecular weight excluding hydrogens is 506 g/mol. The lowest BCUT2D eigenvalue weighted by Gasteiger charge is -2.21. The molecule has 0 bridgehead atoms. The molecule has 12 heteroatoms. The monoisotopic (exact) mass is 533 g/mol. The van der Waals surface area contributed by atoms with E-state index in [-0.39, 0.29) is 21.7 Å². The highest BCUT2D eigenvalue weighted by atomic mass is 32.2. The first-order chi connectivity index (χ1) is 16.8. The number of benzene rings is 2. The third kappa shape index (κ3) is 7.59. The van der Waals surface area contributed by atoms with Gasteiger partial charge in [-0.25, -0.2) is 8.42 Å². The van der Waals surface area contributed by atoms with Gasteiger partial charge in [0, 0.05) is 24.3 Å². The van der Waals surface area contributed by atoms with Crippen LogP contribution in [0.2, 0.25) is 0 Å². The van der Waals surface area contributed by atoms with E-state index in [1.807, 2.05) is 32.0 Å². The van der Waals surface area contributed by atoms with Gasteiger partial charge in [-0.15, -0.1) is 10.2 Å². The summed E-state index contributed by atoms with van der Waals surface area (Å²) < 4.78 is 27.8. The molecule has 186 valence electrons. The lowest BCUT2D eigenvalue weighted by atomic mass is 10.2. The molecule has 2 amide bonds. The summed E-state index contributed by atoms with van der Waals surface area (Å²) >= 11 is 2.37. The van der Waals surface area contributed by atoms with Gasteiger partial charge in [0.1, 0.15) is 0 Å². The standard InChI is InChI=1S/C23H27N5O4S3/c1-3-14-28(15-4-2)35(31,32)19-12-10-17(11-13-19)21(30)25-22-26-27-23(34-22)33-16-20(29)24-18-8-6-5-7-9-18/h5-13H,3-4,14-16H2,1-2H3,(H,24,29)(H,25,26,30). The fraction of sp³-hybridized carbons (Fsp3) is 0.304. The highest BCUT2D eigenvalue weighted by Crippen LogP contribution is 2.26. The van der Waals surface area contributed by atoms with Gasteiger partial charge in [-0.3, -0.25) is 14.9 Å². The lowest BCUT2D eigenvalue weighted by molar-refractivity contribution is -0.113. The molecule has 9 nitrogen and oxygen atoms in total. The van der Waals surface area contributed by atoms with Gasteiger partial charge in [-0.05, 0) is 49.2 Å². The molecule has 0 saturated carbocycles. The summed E-state index contributed by atoms with van der Waals surface area (Å²) in [5, 5.41) is 13.7. The number of para-hydroxylation sites is 1. The van der Waals surface area contributed by atoms with Crippen molar-refractivity contribution in [3.8, 4) is 0 Å². The van der Waals surface area contributed by atoms with Crippen molar-refractivity contribution in [2.45, 2.75) is 35.9 Å². The van der Waals surface area contributed by atoms with Crippen LogP contribution in [0.15, 0.2) is 63.8 Å². The van der Waals surface area contributed by atoms with Crippen LogP contribution in [0.4, 0.5) is 10.8 Å². The van der Waals surface area contributed by atoms with Crippen molar-refractivity contribution in [2.75, 3.05) is 29.5 Å². The van der Waals surface area contributed by atoms with Crippen molar-refractivity contribution in [1.82, 2.24) is 14.5 Å². The van der Waals surface area contributed by atoms with Gasteiger partial charge in [0.2, 0.25) is 21.1 Å². The van der Waals surface area contributed by atoms with E-state index in [0.29, 0.717) is 28.7 Å². The Kier molecular flexibility index (Phi) is 9.78. The molecule has 1 heterocycles. The molecule has 2 aromatic carbocycles. The highest BCUT2D eigenvalue weighted by Gasteiger charge is 2.23. The number of carbonyl (C=O) groups is 2. The van der Waals surface area contributed by atoms with E-state index in [2.05, 4.69) is 20.8 Å². The second-order valence-electron chi connectivity index (χ2n) is 7.46. The van der Waals surface area contributed by atoms with Crippen LogP contribution in [0.3, 0.4) is 0 Å². The molecule has 0 unspecified atom stereocenters. The van der Waals surface area contributed by atoms with Gasteiger partial charge < -0.3 is 5.32 Å². The lowest BCUT2D eigenvalue weighted by Crippen LogP contribution is -2.32. The average molecular weight is 534 g/mol. The predicted molar refractivity (Wildman–Crippen MR) is 139 cm³/mol. The molecule has 2 N–H and O–H groups in total. The number of amides is 2. The normalized spacial score (nSPS) is 11.4. The predicted octanol–water partition coefficient (Wildman–Crippen LogP) is 4.33. The molecule has 0 spiro atoms. The zero-order valence-electron chi connectivity index (χ0n) is 19.4.